The number of aryl methyl sites for hydroxylation is 1. The monoisotopic (exact) mass is 600 g/mol. The van der Waals surface area contributed by atoms with Gasteiger partial charge >= 0.3 is 18.3 Å². The van der Waals surface area contributed by atoms with Gasteiger partial charge in [0.15, 0.2) is 0 Å². The molecular weight excluding hydrogens is 582 g/mol. The lowest BCUT2D eigenvalue weighted by atomic mass is 9.89. The first-order chi connectivity index (χ1) is 13.8. The van der Waals surface area contributed by atoms with Crippen molar-refractivity contribution in [2.45, 2.75) is 65.4 Å². The van der Waals surface area contributed by atoms with Crippen molar-refractivity contribution in [3.63, 3.8) is 0 Å². The molecule has 1 aromatic rings. The van der Waals surface area contributed by atoms with E-state index in [2.05, 4.69) is 0 Å². The lowest BCUT2D eigenvalue weighted by Gasteiger charge is -2.37. The van der Waals surface area contributed by atoms with Gasteiger partial charge in [0.25, 0.3) is 15.8 Å². The third-order valence-electron chi connectivity index (χ3n) is 4.27. The molecule has 3 nitrogen and oxygen atoms in total. The fraction of sp³-hybridized carbons (Fsp3) is 0.647. The van der Waals surface area contributed by atoms with E-state index in [9.17, 15) is 47.9 Å². The summed E-state index contributed by atoms with van der Waals surface area (Å²) in [6.45, 7) is 1.32. The van der Waals surface area contributed by atoms with Crippen molar-refractivity contribution in [3.05, 3.63) is 29.8 Å². The van der Waals surface area contributed by atoms with Crippen LogP contribution in [0.25, 0.3) is 0 Å². The van der Waals surface area contributed by atoms with Crippen molar-refractivity contribution >= 4 is 32.7 Å². The minimum Gasteiger partial charge on any atom is -0.266 e. The summed E-state index contributed by atoms with van der Waals surface area (Å²) in [6, 6.07) is 5.64. The second-order valence-electron chi connectivity index (χ2n) is 6.76. The Morgan fingerprint density at radius 2 is 1.42 bits per heavy atom. The Kier molecular flexibility index (Phi) is 9.13. The zero-order chi connectivity index (χ0) is 24.3. The van der Waals surface area contributed by atoms with Gasteiger partial charge < -0.3 is 0 Å². The van der Waals surface area contributed by atoms with Gasteiger partial charge in [-0.2, -0.15) is 43.5 Å². The highest BCUT2D eigenvalue weighted by molar-refractivity contribution is 14.1. The van der Waals surface area contributed by atoms with Crippen LogP contribution in [0.15, 0.2) is 29.2 Å². The molecule has 1 aromatic carbocycles. The second-order valence-corrected chi connectivity index (χ2v) is 10.1. The maximum absolute atomic E-state index is 14.1. The Labute approximate surface area is 186 Å². The number of alkyl halides is 10. The summed E-state index contributed by atoms with van der Waals surface area (Å²) in [5, 5.41) is 0. The molecule has 1 rings (SSSR count). The summed E-state index contributed by atoms with van der Waals surface area (Å²) in [5.74, 6) is -6.63. The Balaban J connectivity index is 2.65. The van der Waals surface area contributed by atoms with Gasteiger partial charge in [0.05, 0.1) is 11.5 Å². The highest BCUT2D eigenvalue weighted by Gasteiger charge is 2.80. The first-order valence-corrected chi connectivity index (χ1v) is 11.3. The average molecular weight is 600 g/mol. The molecule has 0 spiro atoms. The molecule has 0 amide bonds. The summed E-state index contributed by atoms with van der Waals surface area (Å²) >= 11 is 1.16. The van der Waals surface area contributed by atoms with E-state index in [1.165, 1.54) is 24.3 Å². The molecule has 0 radical (unpaired) electrons. The maximum Gasteiger partial charge on any atom is 0.457 e. The summed E-state index contributed by atoms with van der Waals surface area (Å²) in [6.07, 6.45) is -15.8. The van der Waals surface area contributed by atoms with Gasteiger partial charge in [0.2, 0.25) is 0 Å². The molecule has 2 atom stereocenters. The van der Waals surface area contributed by atoms with Gasteiger partial charge in [-0.1, -0.05) is 46.7 Å². The maximum atomic E-state index is 14.1. The topological polar surface area (TPSA) is 43.4 Å². The second kappa shape index (κ2) is 10.0. The van der Waals surface area contributed by atoms with Crippen LogP contribution in [-0.4, -0.2) is 42.9 Å². The fourth-order valence-electron chi connectivity index (χ4n) is 2.46. The number of unbranched alkanes of at least 4 members (excludes halogenated alkanes) is 1. The minimum absolute atomic E-state index is 0.0639. The van der Waals surface area contributed by atoms with Crippen LogP contribution in [0.5, 0.6) is 0 Å². The Hall–Kier alpha value is -0.770. The molecule has 0 aliphatic carbocycles. The van der Waals surface area contributed by atoms with Crippen molar-refractivity contribution in [2.24, 2.45) is 0 Å². The van der Waals surface area contributed by atoms with Crippen molar-refractivity contribution in [1.29, 1.82) is 0 Å². The van der Waals surface area contributed by atoms with Crippen LogP contribution in [0, 0.1) is 6.92 Å². The third-order valence-corrected chi connectivity index (χ3v) is 6.66. The molecule has 0 aliphatic rings. The number of rotatable bonds is 10. The van der Waals surface area contributed by atoms with Crippen LogP contribution in [0.4, 0.5) is 39.5 Å². The van der Waals surface area contributed by atoms with E-state index in [0.717, 1.165) is 28.2 Å². The predicted molar refractivity (Wildman–Crippen MR) is 101 cm³/mol. The summed E-state index contributed by atoms with van der Waals surface area (Å²) in [4.78, 5) is -0.133. The summed E-state index contributed by atoms with van der Waals surface area (Å²) < 4.78 is 143. The predicted octanol–water partition coefficient (Wildman–Crippen LogP) is 6.53. The summed E-state index contributed by atoms with van der Waals surface area (Å²) in [5.41, 5.74) is -5.00. The lowest BCUT2D eigenvalue weighted by molar-refractivity contribution is -0.384. The average Bonchev–Trinajstić information content (AvgIpc) is 2.59. The Morgan fingerprint density at radius 3 is 1.87 bits per heavy atom. The van der Waals surface area contributed by atoms with Crippen LogP contribution in [0.1, 0.15) is 31.2 Å². The minimum atomic E-state index is -6.73. The summed E-state index contributed by atoms with van der Waals surface area (Å²) in [7, 11) is -4.10. The van der Waals surface area contributed by atoms with Crippen LogP contribution >= 0.6 is 22.6 Å². The molecule has 0 bridgehead atoms. The van der Waals surface area contributed by atoms with Gasteiger partial charge in [0.1, 0.15) is 0 Å². The van der Waals surface area contributed by atoms with E-state index in [-0.39, 0.29) is 24.2 Å². The van der Waals surface area contributed by atoms with Crippen molar-refractivity contribution in [1.82, 2.24) is 0 Å². The standard InChI is InChI=1S/C17H18F9IO3S/c1-11-5-7-13(8-6-11)31(28,29)30-9-3-2-4-12(27)10-14(18,16(21,22)23)15(19,20)17(24,25)26/h5-8,12H,2-4,9-10H2,1H3. The number of hydrogen-bond donors (Lipinski definition) is 0. The first-order valence-electron chi connectivity index (χ1n) is 8.65. The van der Waals surface area contributed by atoms with Gasteiger partial charge in [0, 0.05) is 10.3 Å². The van der Waals surface area contributed by atoms with Crippen molar-refractivity contribution < 1.29 is 52.1 Å². The van der Waals surface area contributed by atoms with E-state index >= 15 is 0 Å². The molecular formula is C17H18F9IO3S. The van der Waals surface area contributed by atoms with Gasteiger partial charge in [-0.05, 0) is 31.9 Å². The highest BCUT2D eigenvalue weighted by atomic mass is 127. The van der Waals surface area contributed by atoms with Crippen LogP contribution < -0.4 is 0 Å². The van der Waals surface area contributed by atoms with E-state index in [1.807, 2.05) is 0 Å². The lowest BCUT2D eigenvalue weighted by Crippen LogP contribution is -2.62. The molecule has 0 heterocycles. The van der Waals surface area contributed by atoms with Crippen molar-refractivity contribution in [2.75, 3.05) is 6.61 Å². The van der Waals surface area contributed by atoms with Gasteiger partial charge in [-0.15, -0.1) is 0 Å². The third kappa shape index (κ3) is 6.85. The number of hydrogen-bond acceptors (Lipinski definition) is 3. The molecule has 0 saturated carbocycles. The highest BCUT2D eigenvalue weighted by Crippen LogP contribution is 2.55. The quantitative estimate of drug-likeness (QED) is 0.101. The van der Waals surface area contributed by atoms with E-state index in [4.69, 9.17) is 4.18 Å². The SMILES string of the molecule is Cc1ccc(S(=O)(=O)OCCCCC(I)CC(F)(C(F)(F)F)C(F)(F)C(F)(F)F)cc1. The first kappa shape index (κ1) is 28.3. The zero-order valence-electron chi connectivity index (χ0n) is 15.8. The smallest absolute Gasteiger partial charge is 0.266 e. The Bertz CT molecular complexity index is 823. The molecule has 0 N–H and O–H groups in total. The fourth-order valence-corrected chi connectivity index (χ4v) is 4.45. The molecule has 0 saturated heterocycles. The molecule has 2 unspecified atom stereocenters. The van der Waals surface area contributed by atoms with E-state index < -0.39 is 51.0 Å². The van der Waals surface area contributed by atoms with Crippen LogP contribution in [0.2, 0.25) is 0 Å². The largest absolute Gasteiger partial charge is 0.457 e. The molecule has 0 fully saturated rings. The van der Waals surface area contributed by atoms with Crippen LogP contribution in [-0.2, 0) is 14.3 Å². The molecule has 0 aromatic heterocycles. The van der Waals surface area contributed by atoms with Gasteiger partial charge in [-0.25, -0.2) is 4.39 Å². The number of benzene rings is 1. The Morgan fingerprint density at radius 1 is 0.903 bits per heavy atom. The molecule has 180 valence electrons. The number of halogens is 10. The molecule has 0 aliphatic heterocycles. The van der Waals surface area contributed by atoms with Crippen LogP contribution in [0.3, 0.4) is 0 Å². The normalized spacial score (nSPS) is 16.7. The van der Waals surface area contributed by atoms with Crippen molar-refractivity contribution in [3.8, 4) is 0 Å². The van der Waals surface area contributed by atoms with E-state index in [0.29, 0.717) is 0 Å². The van der Waals surface area contributed by atoms with Gasteiger partial charge in [-0.3, -0.25) is 4.18 Å². The zero-order valence-corrected chi connectivity index (χ0v) is 18.8. The van der Waals surface area contributed by atoms with E-state index in [1.54, 1.807) is 6.92 Å². The molecule has 14 heteroatoms. The molecule has 31 heavy (non-hydrogen) atoms.